The maximum Gasteiger partial charge on any atom is 0.288 e. The van der Waals surface area contributed by atoms with Gasteiger partial charge in [-0.2, -0.15) is 8.78 Å². The van der Waals surface area contributed by atoms with Gasteiger partial charge in [0.05, 0.1) is 0 Å². The maximum atomic E-state index is 12.3. The molecule has 0 saturated carbocycles. The van der Waals surface area contributed by atoms with E-state index in [0.29, 0.717) is 34.8 Å². The van der Waals surface area contributed by atoms with Gasteiger partial charge < -0.3 is 10.2 Å². The SMILES string of the molecule is CNC1CCCN(C(=O)c2ccc(SC(F)F)cc2)C1.Cl. The van der Waals surface area contributed by atoms with Crippen molar-refractivity contribution in [1.29, 1.82) is 0 Å². The Balaban J connectivity index is 0.00000220. The third kappa shape index (κ3) is 5.13. The minimum Gasteiger partial charge on any atom is -0.337 e. The Morgan fingerprint density at radius 3 is 2.62 bits per heavy atom. The predicted molar refractivity (Wildman–Crippen MR) is 83.5 cm³/mol. The van der Waals surface area contributed by atoms with Crippen molar-refractivity contribution in [3.63, 3.8) is 0 Å². The number of nitrogens with one attached hydrogen (secondary N) is 1. The van der Waals surface area contributed by atoms with Crippen molar-refractivity contribution in [3.8, 4) is 0 Å². The number of benzene rings is 1. The van der Waals surface area contributed by atoms with Crippen LogP contribution in [0.4, 0.5) is 8.78 Å². The molecule has 1 heterocycles. The Morgan fingerprint density at radius 1 is 1.38 bits per heavy atom. The minimum atomic E-state index is -2.44. The van der Waals surface area contributed by atoms with E-state index in [2.05, 4.69) is 5.32 Å². The Kier molecular flexibility index (Phi) is 7.42. The number of carbonyl (C=O) groups is 1. The Hall–Kier alpha value is -0.850. The number of amides is 1. The van der Waals surface area contributed by atoms with Crippen LogP contribution >= 0.6 is 24.2 Å². The number of halogens is 3. The van der Waals surface area contributed by atoms with E-state index in [9.17, 15) is 13.6 Å². The summed E-state index contributed by atoms with van der Waals surface area (Å²) in [4.78, 5) is 14.6. The molecular formula is C14H19ClF2N2OS. The van der Waals surface area contributed by atoms with Crippen molar-refractivity contribution >= 4 is 30.1 Å². The molecule has 7 heteroatoms. The third-order valence-electron chi connectivity index (χ3n) is 3.44. The van der Waals surface area contributed by atoms with E-state index in [0.717, 1.165) is 19.4 Å². The molecule has 0 radical (unpaired) electrons. The van der Waals surface area contributed by atoms with Crippen LogP contribution in [0.3, 0.4) is 0 Å². The van der Waals surface area contributed by atoms with Crippen molar-refractivity contribution in [3.05, 3.63) is 29.8 Å². The highest BCUT2D eigenvalue weighted by Gasteiger charge is 2.23. The van der Waals surface area contributed by atoms with Gasteiger partial charge in [0.25, 0.3) is 11.7 Å². The largest absolute Gasteiger partial charge is 0.337 e. The first kappa shape index (κ1) is 18.2. The van der Waals surface area contributed by atoms with Gasteiger partial charge in [-0.15, -0.1) is 12.4 Å². The van der Waals surface area contributed by atoms with Gasteiger partial charge in [-0.1, -0.05) is 11.8 Å². The average Bonchev–Trinajstić information content (AvgIpc) is 2.47. The molecule has 1 aliphatic rings. The monoisotopic (exact) mass is 336 g/mol. The summed E-state index contributed by atoms with van der Waals surface area (Å²) < 4.78 is 24.5. The van der Waals surface area contributed by atoms with Crippen LogP contribution in [-0.2, 0) is 0 Å². The number of alkyl halides is 2. The number of hydrogen-bond acceptors (Lipinski definition) is 3. The van der Waals surface area contributed by atoms with Crippen molar-refractivity contribution in [2.24, 2.45) is 0 Å². The molecule has 0 aromatic heterocycles. The molecule has 1 aliphatic heterocycles. The summed E-state index contributed by atoms with van der Waals surface area (Å²) >= 11 is 0.490. The third-order valence-corrected chi connectivity index (χ3v) is 4.17. The van der Waals surface area contributed by atoms with Crippen LogP contribution in [0.2, 0.25) is 0 Å². The normalized spacial score (nSPS) is 18.5. The molecule has 1 N–H and O–H groups in total. The van der Waals surface area contributed by atoms with Gasteiger partial charge in [-0.3, -0.25) is 4.79 Å². The minimum absolute atomic E-state index is 0. The van der Waals surface area contributed by atoms with E-state index in [1.54, 1.807) is 24.3 Å². The van der Waals surface area contributed by atoms with Crippen LogP contribution in [0.1, 0.15) is 23.2 Å². The number of piperidine rings is 1. The van der Waals surface area contributed by atoms with Gasteiger partial charge >= 0.3 is 0 Å². The summed E-state index contributed by atoms with van der Waals surface area (Å²) in [6.45, 7) is 1.45. The summed E-state index contributed by atoms with van der Waals surface area (Å²) in [5, 5.41) is 3.19. The topological polar surface area (TPSA) is 32.3 Å². The molecule has 0 spiro atoms. The fourth-order valence-corrected chi connectivity index (χ4v) is 2.86. The second kappa shape index (κ2) is 8.56. The van der Waals surface area contributed by atoms with Gasteiger partial charge in [-0.05, 0) is 44.2 Å². The molecule has 1 fully saturated rings. The first-order valence-corrected chi connectivity index (χ1v) is 7.49. The smallest absolute Gasteiger partial charge is 0.288 e. The summed E-state index contributed by atoms with van der Waals surface area (Å²) in [6.07, 6.45) is 2.06. The van der Waals surface area contributed by atoms with Gasteiger partial charge in [0.15, 0.2) is 0 Å². The van der Waals surface area contributed by atoms with Gasteiger partial charge in [0.2, 0.25) is 0 Å². The van der Waals surface area contributed by atoms with E-state index in [-0.39, 0.29) is 18.3 Å². The fourth-order valence-electron chi connectivity index (χ4n) is 2.36. The van der Waals surface area contributed by atoms with E-state index in [4.69, 9.17) is 0 Å². The lowest BCUT2D eigenvalue weighted by atomic mass is 10.0. The van der Waals surface area contributed by atoms with Crippen molar-refractivity contribution in [2.45, 2.75) is 29.5 Å². The van der Waals surface area contributed by atoms with E-state index in [1.807, 2.05) is 11.9 Å². The lowest BCUT2D eigenvalue weighted by Crippen LogP contribution is -2.46. The maximum absolute atomic E-state index is 12.3. The van der Waals surface area contributed by atoms with Crippen LogP contribution in [0.25, 0.3) is 0 Å². The van der Waals surface area contributed by atoms with Crippen molar-refractivity contribution in [2.75, 3.05) is 20.1 Å². The number of likely N-dealkylation sites (tertiary alicyclic amines) is 1. The summed E-state index contributed by atoms with van der Waals surface area (Å²) in [6, 6.07) is 6.72. The van der Waals surface area contributed by atoms with Crippen LogP contribution < -0.4 is 5.32 Å². The van der Waals surface area contributed by atoms with E-state index < -0.39 is 5.76 Å². The predicted octanol–water partition coefficient (Wildman–Crippen LogP) is 3.25. The van der Waals surface area contributed by atoms with Crippen LogP contribution in [-0.4, -0.2) is 42.7 Å². The van der Waals surface area contributed by atoms with E-state index >= 15 is 0 Å². The summed E-state index contributed by atoms with van der Waals surface area (Å²) in [5.41, 5.74) is 0.556. The molecule has 118 valence electrons. The van der Waals surface area contributed by atoms with Crippen molar-refractivity contribution in [1.82, 2.24) is 10.2 Å². The number of likely N-dealkylation sites (N-methyl/N-ethyl adjacent to an activating group) is 1. The van der Waals surface area contributed by atoms with Crippen LogP contribution in [0.5, 0.6) is 0 Å². The zero-order chi connectivity index (χ0) is 14.5. The van der Waals surface area contributed by atoms with Crippen LogP contribution in [0.15, 0.2) is 29.2 Å². The second-order valence-electron chi connectivity index (χ2n) is 4.78. The molecule has 1 amide bonds. The van der Waals surface area contributed by atoms with Crippen molar-refractivity contribution < 1.29 is 13.6 Å². The van der Waals surface area contributed by atoms with Gasteiger partial charge in [-0.25, -0.2) is 0 Å². The first-order valence-electron chi connectivity index (χ1n) is 6.61. The lowest BCUT2D eigenvalue weighted by Gasteiger charge is -2.32. The molecule has 1 aromatic carbocycles. The fraction of sp³-hybridized carbons (Fsp3) is 0.500. The lowest BCUT2D eigenvalue weighted by molar-refractivity contribution is 0.0698. The molecule has 1 saturated heterocycles. The summed E-state index contributed by atoms with van der Waals surface area (Å²) in [5.74, 6) is -2.46. The number of thioether (sulfide) groups is 1. The first-order chi connectivity index (χ1) is 9.60. The van der Waals surface area contributed by atoms with Crippen LogP contribution in [0, 0.1) is 0 Å². The highest BCUT2D eigenvalue weighted by atomic mass is 35.5. The number of carbonyl (C=O) groups excluding carboxylic acids is 1. The molecule has 3 nitrogen and oxygen atoms in total. The van der Waals surface area contributed by atoms with Gasteiger partial charge in [0.1, 0.15) is 0 Å². The number of rotatable bonds is 4. The standard InChI is InChI=1S/C14H18F2N2OS.ClH/c1-17-11-3-2-8-18(9-11)13(19)10-4-6-12(7-5-10)20-14(15)16;/h4-7,11,14,17H,2-3,8-9H2,1H3;1H. The second-order valence-corrected chi connectivity index (χ2v) is 5.85. The average molecular weight is 337 g/mol. The molecule has 21 heavy (non-hydrogen) atoms. The molecule has 0 bridgehead atoms. The molecular weight excluding hydrogens is 318 g/mol. The Labute approximate surface area is 133 Å². The summed E-state index contributed by atoms with van der Waals surface area (Å²) in [7, 11) is 1.90. The number of nitrogens with zero attached hydrogens (tertiary/aromatic N) is 1. The molecule has 1 unspecified atom stereocenters. The van der Waals surface area contributed by atoms with E-state index in [1.165, 1.54) is 0 Å². The Bertz CT molecular complexity index is 459. The highest BCUT2D eigenvalue weighted by Crippen LogP contribution is 2.25. The highest BCUT2D eigenvalue weighted by molar-refractivity contribution is 7.99. The molecule has 1 atom stereocenters. The molecule has 2 rings (SSSR count). The quantitative estimate of drug-likeness (QED) is 0.857. The molecule has 0 aliphatic carbocycles. The zero-order valence-electron chi connectivity index (χ0n) is 11.7. The molecule has 1 aromatic rings. The Morgan fingerprint density at radius 2 is 2.05 bits per heavy atom. The number of hydrogen-bond donors (Lipinski definition) is 1. The zero-order valence-corrected chi connectivity index (χ0v) is 13.4. The van der Waals surface area contributed by atoms with Gasteiger partial charge in [0, 0.05) is 29.6 Å².